The molecule has 0 fully saturated rings. The summed E-state index contributed by atoms with van der Waals surface area (Å²) in [5, 5.41) is 7.61. The molecule has 0 atom stereocenters. The average molecular weight is 256 g/mol. The van der Waals surface area contributed by atoms with Crippen molar-refractivity contribution in [1.29, 1.82) is 0 Å². The van der Waals surface area contributed by atoms with Crippen LogP contribution in [0.3, 0.4) is 0 Å². The van der Waals surface area contributed by atoms with Gasteiger partial charge in [-0.15, -0.1) is 0 Å². The molecule has 6 nitrogen and oxygen atoms in total. The molecule has 3 aromatic rings. The third-order valence-corrected chi connectivity index (χ3v) is 2.79. The third kappa shape index (κ3) is 2.37. The van der Waals surface area contributed by atoms with E-state index in [9.17, 15) is 0 Å². The Morgan fingerprint density at radius 1 is 0.947 bits per heavy atom. The molecule has 0 radical (unpaired) electrons. The summed E-state index contributed by atoms with van der Waals surface area (Å²) < 4.78 is 10.1. The maximum absolute atomic E-state index is 5.12. The van der Waals surface area contributed by atoms with Gasteiger partial charge in [0.25, 0.3) is 0 Å². The molecule has 2 aromatic heterocycles. The Morgan fingerprint density at radius 2 is 1.68 bits per heavy atom. The molecule has 6 heteroatoms. The smallest absolute Gasteiger partial charge is 0.316 e. The number of hydrogen-bond acceptors (Lipinski definition) is 6. The minimum atomic E-state index is 0.251. The van der Waals surface area contributed by atoms with Crippen molar-refractivity contribution in [3.05, 3.63) is 47.0 Å². The van der Waals surface area contributed by atoms with E-state index in [1.165, 1.54) is 5.56 Å². The quantitative estimate of drug-likeness (QED) is 0.715. The minimum absolute atomic E-state index is 0.251. The first-order valence-electron chi connectivity index (χ1n) is 5.90. The van der Waals surface area contributed by atoms with Crippen molar-refractivity contribution in [3.8, 4) is 11.8 Å². The molecule has 2 heterocycles. The van der Waals surface area contributed by atoms with Gasteiger partial charge in [-0.1, -0.05) is 34.6 Å². The summed E-state index contributed by atoms with van der Waals surface area (Å²) in [4.78, 5) is 8.30. The zero-order valence-corrected chi connectivity index (χ0v) is 10.6. The molecule has 0 amide bonds. The maximum atomic E-state index is 5.12. The van der Waals surface area contributed by atoms with E-state index >= 15 is 0 Å². The van der Waals surface area contributed by atoms with Crippen LogP contribution in [0.2, 0.25) is 0 Å². The molecule has 0 aliphatic carbocycles. The molecule has 19 heavy (non-hydrogen) atoms. The van der Waals surface area contributed by atoms with Crippen LogP contribution in [0, 0.1) is 13.8 Å². The molecule has 3 rings (SSSR count). The van der Waals surface area contributed by atoms with Crippen LogP contribution < -0.4 is 0 Å². The Hall–Kier alpha value is -2.50. The third-order valence-electron chi connectivity index (χ3n) is 2.79. The summed E-state index contributed by atoms with van der Waals surface area (Å²) >= 11 is 0. The Kier molecular flexibility index (Phi) is 2.83. The van der Waals surface area contributed by atoms with E-state index < -0.39 is 0 Å². The number of aromatic nitrogens is 4. The zero-order chi connectivity index (χ0) is 13.2. The molecular weight excluding hydrogens is 244 g/mol. The second-order valence-corrected chi connectivity index (χ2v) is 4.27. The summed E-state index contributed by atoms with van der Waals surface area (Å²) in [6.45, 7) is 3.79. The van der Waals surface area contributed by atoms with E-state index in [2.05, 4.69) is 33.3 Å². The minimum Gasteiger partial charge on any atom is -0.329 e. The summed E-state index contributed by atoms with van der Waals surface area (Å²) in [6, 6.07) is 8.09. The van der Waals surface area contributed by atoms with E-state index in [-0.39, 0.29) is 11.8 Å². The highest BCUT2D eigenvalue weighted by molar-refractivity contribution is 5.36. The van der Waals surface area contributed by atoms with E-state index in [1.807, 2.05) is 18.2 Å². The normalized spacial score (nSPS) is 10.8. The first-order chi connectivity index (χ1) is 9.22. The Bertz CT molecular complexity index is 702. The van der Waals surface area contributed by atoms with Gasteiger partial charge in [-0.3, -0.25) is 0 Å². The van der Waals surface area contributed by atoms with Crippen molar-refractivity contribution in [3.63, 3.8) is 0 Å². The van der Waals surface area contributed by atoms with Gasteiger partial charge in [-0.05, 0) is 25.0 Å². The number of benzene rings is 1. The maximum Gasteiger partial charge on any atom is 0.316 e. The molecule has 0 N–H and O–H groups in total. The summed E-state index contributed by atoms with van der Waals surface area (Å²) in [5.41, 5.74) is 2.36. The standard InChI is InChI=1S/C13H12N4O2/c1-8-5-3-4-6-10(8)7-11-15-13(19-17-11)12-14-9(2)16-18-12/h3-6H,7H2,1-2H3. The van der Waals surface area contributed by atoms with Crippen LogP contribution in [0.15, 0.2) is 33.3 Å². The Balaban J connectivity index is 1.84. The van der Waals surface area contributed by atoms with Gasteiger partial charge < -0.3 is 9.05 Å². The van der Waals surface area contributed by atoms with Gasteiger partial charge in [-0.25, -0.2) is 0 Å². The van der Waals surface area contributed by atoms with Gasteiger partial charge in [0.1, 0.15) is 0 Å². The van der Waals surface area contributed by atoms with Gasteiger partial charge in [0.05, 0.1) is 0 Å². The summed E-state index contributed by atoms with van der Waals surface area (Å²) in [7, 11) is 0. The van der Waals surface area contributed by atoms with Crippen LogP contribution >= 0.6 is 0 Å². The Labute approximate surface area is 109 Å². The number of aryl methyl sites for hydroxylation is 2. The van der Waals surface area contributed by atoms with Crippen LogP contribution in [0.4, 0.5) is 0 Å². The zero-order valence-electron chi connectivity index (χ0n) is 10.6. The van der Waals surface area contributed by atoms with E-state index in [0.29, 0.717) is 18.1 Å². The lowest BCUT2D eigenvalue weighted by atomic mass is 10.1. The lowest BCUT2D eigenvalue weighted by Gasteiger charge is -2.00. The molecule has 1 aromatic carbocycles. The average Bonchev–Trinajstić information content (AvgIpc) is 3.01. The number of rotatable bonds is 3. The van der Waals surface area contributed by atoms with Gasteiger partial charge >= 0.3 is 11.8 Å². The van der Waals surface area contributed by atoms with Crippen LogP contribution in [-0.2, 0) is 6.42 Å². The van der Waals surface area contributed by atoms with E-state index in [4.69, 9.17) is 9.05 Å². The highest BCUT2D eigenvalue weighted by atomic mass is 16.5. The van der Waals surface area contributed by atoms with E-state index in [1.54, 1.807) is 6.92 Å². The van der Waals surface area contributed by atoms with E-state index in [0.717, 1.165) is 5.56 Å². The summed E-state index contributed by atoms with van der Waals surface area (Å²) in [6.07, 6.45) is 0.614. The monoisotopic (exact) mass is 256 g/mol. The van der Waals surface area contributed by atoms with Crippen LogP contribution in [-0.4, -0.2) is 20.3 Å². The predicted octanol–water partition coefficient (Wildman–Crippen LogP) is 2.33. The molecule has 0 unspecified atom stereocenters. The van der Waals surface area contributed by atoms with Crippen molar-refractivity contribution in [2.75, 3.05) is 0 Å². The lowest BCUT2D eigenvalue weighted by molar-refractivity contribution is 0.378. The number of hydrogen-bond donors (Lipinski definition) is 0. The fourth-order valence-electron chi connectivity index (χ4n) is 1.78. The molecule has 0 saturated heterocycles. The fourth-order valence-corrected chi connectivity index (χ4v) is 1.78. The topological polar surface area (TPSA) is 77.8 Å². The van der Waals surface area contributed by atoms with Gasteiger partial charge in [0.15, 0.2) is 11.6 Å². The van der Waals surface area contributed by atoms with Crippen molar-refractivity contribution >= 4 is 0 Å². The highest BCUT2D eigenvalue weighted by Crippen LogP contribution is 2.17. The lowest BCUT2D eigenvalue weighted by Crippen LogP contribution is -1.93. The second-order valence-electron chi connectivity index (χ2n) is 4.27. The molecular formula is C13H12N4O2. The number of nitrogens with zero attached hydrogens (tertiary/aromatic N) is 4. The van der Waals surface area contributed by atoms with Crippen LogP contribution in [0.1, 0.15) is 22.8 Å². The molecule has 0 aliphatic rings. The van der Waals surface area contributed by atoms with Crippen LogP contribution in [0.25, 0.3) is 11.8 Å². The molecule has 0 bridgehead atoms. The fraction of sp³-hybridized carbons (Fsp3) is 0.231. The van der Waals surface area contributed by atoms with Crippen molar-refractivity contribution in [2.45, 2.75) is 20.3 Å². The molecule has 0 saturated carbocycles. The predicted molar refractivity (Wildman–Crippen MR) is 66.3 cm³/mol. The van der Waals surface area contributed by atoms with Gasteiger partial charge in [-0.2, -0.15) is 9.97 Å². The summed E-state index contributed by atoms with van der Waals surface area (Å²) in [5.74, 6) is 1.64. The van der Waals surface area contributed by atoms with Crippen LogP contribution in [0.5, 0.6) is 0 Å². The molecule has 96 valence electrons. The van der Waals surface area contributed by atoms with Crippen molar-refractivity contribution in [1.82, 2.24) is 20.3 Å². The SMILES string of the molecule is Cc1noc(-c2nc(Cc3ccccc3C)no2)n1. The van der Waals surface area contributed by atoms with Crippen molar-refractivity contribution < 1.29 is 9.05 Å². The second kappa shape index (κ2) is 4.64. The first-order valence-corrected chi connectivity index (χ1v) is 5.90. The highest BCUT2D eigenvalue weighted by Gasteiger charge is 2.15. The largest absolute Gasteiger partial charge is 0.329 e. The van der Waals surface area contributed by atoms with Gasteiger partial charge in [0, 0.05) is 6.42 Å². The first kappa shape index (κ1) is 11.6. The van der Waals surface area contributed by atoms with Crippen molar-refractivity contribution in [2.24, 2.45) is 0 Å². The molecule has 0 spiro atoms. The molecule has 0 aliphatic heterocycles. The Morgan fingerprint density at radius 3 is 2.42 bits per heavy atom. The van der Waals surface area contributed by atoms with Gasteiger partial charge in [0.2, 0.25) is 0 Å².